The van der Waals surface area contributed by atoms with Gasteiger partial charge in [0.1, 0.15) is 10.8 Å². The van der Waals surface area contributed by atoms with E-state index in [0.29, 0.717) is 11.4 Å². The van der Waals surface area contributed by atoms with Gasteiger partial charge in [0.2, 0.25) is 0 Å². The summed E-state index contributed by atoms with van der Waals surface area (Å²) >= 11 is 2.60. The van der Waals surface area contributed by atoms with E-state index in [9.17, 15) is 18.0 Å². The number of para-hydroxylation sites is 2. The topological polar surface area (TPSA) is 92.8 Å². The summed E-state index contributed by atoms with van der Waals surface area (Å²) in [5.74, 6) is -1.26. The summed E-state index contributed by atoms with van der Waals surface area (Å²) in [6.45, 7) is -1.07. The van der Waals surface area contributed by atoms with Crippen LogP contribution in [-0.4, -0.2) is 33.4 Å². The van der Waals surface area contributed by atoms with Crippen molar-refractivity contribution < 1.29 is 22.7 Å². The molecule has 1 aliphatic heterocycles. The van der Waals surface area contributed by atoms with E-state index in [1.807, 2.05) is 48.5 Å². The molecule has 0 spiro atoms. The Morgan fingerprint density at radius 2 is 1.57 bits per heavy atom. The number of nitrogens with one attached hydrogen (secondary N) is 1. The van der Waals surface area contributed by atoms with Crippen LogP contribution in [0.15, 0.2) is 80.0 Å². The first-order valence-electron chi connectivity index (χ1n) is 8.83. The average Bonchev–Trinajstić information content (AvgIpc) is 3.30. The molecule has 0 atom stereocenters. The molecule has 4 rings (SSSR count). The highest BCUT2D eigenvalue weighted by molar-refractivity contribution is 7.99. The zero-order chi connectivity index (χ0) is 21.1. The molecular weight excluding hydrogens is 444 g/mol. The molecule has 0 aliphatic carbocycles. The highest BCUT2D eigenvalue weighted by Gasteiger charge is 2.28. The van der Waals surface area contributed by atoms with Crippen molar-refractivity contribution in [3.63, 3.8) is 0 Å². The van der Waals surface area contributed by atoms with Crippen molar-refractivity contribution in [2.75, 3.05) is 18.1 Å². The fraction of sp³-hybridized carbons (Fsp3) is 0.100. The van der Waals surface area contributed by atoms with Gasteiger partial charge in [-0.2, -0.15) is 4.72 Å². The molecular formula is C20H16N2O5S3. The molecule has 2 heterocycles. The lowest BCUT2D eigenvalue weighted by Crippen LogP contribution is -2.35. The highest BCUT2D eigenvalue weighted by atomic mass is 32.2. The second kappa shape index (κ2) is 8.60. The standard InChI is InChI=1S/C20H16N2O5S3/c23-18(13-27-19(24)12-21-30(25,26)20-10-5-11-28-20)22-14-6-1-3-8-16(14)29-17-9-4-2-7-15(17)22/h1-11,21H,12-13H2. The van der Waals surface area contributed by atoms with Crippen molar-refractivity contribution in [2.24, 2.45) is 0 Å². The number of esters is 1. The third-order valence-corrected chi connectivity index (χ3v) is 8.13. The zero-order valence-corrected chi connectivity index (χ0v) is 17.9. The quantitative estimate of drug-likeness (QED) is 0.567. The number of benzene rings is 2. The largest absolute Gasteiger partial charge is 0.455 e. The minimum absolute atomic E-state index is 0.102. The van der Waals surface area contributed by atoms with Crippen LogP contribution in [0.4, 0.5) is 11.4 Å². The first kappa shape index (κ1) is 20.6. The first-order chi connectivity index (χ1) is 14.5. The highest BCUT2D eigenvalue weighted by Crippen LogP contribution is 2.47. The molecule has 0 bridgehead atoms. The van der Waals surface area contributed by atoms with Crippen molar-refractivity contribution in [1.29, 1.82) is 0 Å². The van der Waals surface area contributed by atoms with E-state index < -0.39 is 35.1 Å². The predicted octanol–water partition coefficient (Wildman–Crippen LogP) is 3.40. The monoisotopic (exact) mass is 460 g/mol. The van der Waals surface area contributed by atoms with Crippen molar-refractivity contribution in [1.82, 2.24) is 4.72 Å². The lowest BCUT2D eigenvalue weighted by molar-refractivity contribution is -0.146. The van der Waals surface area contributed by atoms with E-state index in [2.05, 4.69) is 4.72 Å². The van der Waals surface area contributed by atoms with Gasteiger partial charge < -0.3 is 4.74 Å². The molecule has 0 saturated heterocycles. The molecule has 7 nitrogen and oxygen atoms in total. The number of ether oxygens (including phenoxy) is 1. The van der Waals surface area contributed by atoms with Crippen LogP contribution in [0.25, 0.3) is 0 Å². The van der Waals surface area contributed by atoms with Crippen LogP contribution < -0.4 is 9.62 Å². The molecule has 10 heteroatoms. The zero-order valence-electron chi connectivity index (χ0n) is 15.5. The number of nitrogens with zero attached hydrogens (tertiary/aromatic N) is 1. The SMILES string of the molecule is O=C(CNS(=O)(=O)c1cccs1)OCC(=O)N1c2ccccc2Sc2ccccc21. The van der Waals surface area contributed by atoms with E-state index >= 15 is 0 Å². The van der Waals surface area contributed by atoms with Crippen LogP contribution in [0.2, 0.25) is 0 Å². The molecule has 1 aliphatic rings. The lowest BCUT2D eigenvalue weighted by atomic mass is 10.2. The molecule has 30 heavy (non-hydrogen) atoms. The van der Waals surface area contributed by atoms with Crippen LogP contribution in [0.1, 0.15) is 0 Å². The number of rotatable bonds is 6. The first-order valence-corrected chi connectivity index (χ1v) is 12.0. The Morgan fingerprint density at radius 1 is 0.933 bits per heavy atom. The molecule has 0 fully saturated rings. The van der Waals surface area contributed by atoms with Gasteiger partial charge in [0, 0.05) is 9.79 Å². The van der Waals surface area contributed by atoms with Gasteiger partial charge in [0.25, 0.3) is 15.9 Å². The summed E-state index contributed by atoms with van der Waals surface area (Å²) < 4.78 is 31.5. The van der Waals surface area contributed by atoms with E-state index in [1.165, 1.54) is 11.0 Å². The molecule has 154 valence electrons. The summed E-state index contributed by atoms with van der Waals surface area (Å²) in [6.07, 6.45) is 0. The summed E-state index contributed by atoms with van der Waals surface area (Å²) in [4.78, 5) is 28.3. The van der Waals surface area contributed by atoms with Gasteiger partial charge in [0.05, 0.1) is 11.4 Å². The second-order valence-electron chi connectivity index (χ2n) is 6.18. The van der Waals surface area contributed by atoms with Crippen LogP contribution in [0, 0.1) is 0 Å². The number of sulfonamides is 1. The lowest BCUT2D eigenvalue weighted by Gasteiger charge is -2.30. The number of fused-ring (bicyclic) bond motifs is 2. The maximum atomic E-state index is 12.9. The molecule has 1 amide bonds. The number of thiophene rings is 1. The fourth-order valence-corrected chi connectivity index (χ4v) is 5.94. The number of anilines is 2. The Kier molecular flexibility index (Phi) is 5.91. The Morgan fingerprint density at radius 3 is 2.17 bits per heavy atom. The molecule has 1 N–H and O–H groups in total. The Labute approximate surface area is 181 Å². The third kappa shape index (κ3) is 4.26. The minimum atomic E-state index is -3.78. The fourth-order valence-electron chi connectivity index (χ4n) is 2.87. The van der Waals surface area contributed by atoms with Gasteiger partial charge in [-0.15, -0.1) is 11.3 Å². The molecule has 0 saturated carbocycles. The van der Waals surface area contributed by atoms with Gasteiger partial charge in [-0.05, 0) is 35.7 Å². The van der Waals surface area contributed by atoms with Crippen molar-refractivity contribution in [2.45, 2.75) is 14.0 Å². The molecule has 0 radical (unpaired) electrons. The number of carbonyl (C=O) groups excluding carboxylic acids is 2. The average molecular weight is 461 g/mol. The molecule has 2 aromatic carbocycles. The van der Waals surface area contributed by atoms with E-state index in [0.717, 1.165) is 21.1 Å². The van der Waals surface area contributed by atoms with Crippen LogP contribution in [-0.2, 0) is 24.3 Å². The predicted molar refractivity (Wildman–Crippen MR) is 115 cm³/mol. The molecule has 0 unspecified atom stereocenters. The van der Waals surface area contributed by atoms with Crippen molar-refractivity contribution in [3.05, 3.63) is 66.0 Å². The van der Waals surface area contributed by atoms with Gasteiger partial charge in [0.15, 0.2) is 6.61 Å². The maximum absolute atomic E-state index is 12.9. The van der Waals surface area contributed by atoms with Gasteiger partial charge >= 0.3 is 5.97 Å². The van der Waals surface area contributed by atoms with E-state index in [-0.39, 0.29) is 4.21 Å². The summed E-state index contributed by atoms with van der Waals surface area (Å²) in [5, 5.41) is 1.62. The van der Waals surface area contributed by atoms with Gasteiger partial charge in [-0.3, -0.25) is 14.5 Å². The van der Waals surface area contributed by atoms with E-state index in [4.69, 9.17) is 4.74 Å². The normalized spacial score (nSPS) is 12.7. The van der Waals surface area contributed by atoms with Gasteiger partial charge in [-0.25, -0.2) is 8.42 Å². The Balaban J connectivity index is 1.43. The number of carbonyl (C=O) groups is 2. The Hall–Kier alpha value is -2.66. The van der Waals surface area contributed by atoms with Crippen molar-refractivity contribution >= 4 is 56.4 Å². The third-order valence-electron chi connectivity index (χ3n) is 4.20. The molecule has 1 aromatic heterocycles. The van der Waals surface area contributed by atoms with Crippen LogP contribution in [0.3, 0.4) is 0 Å². The molecule has 3 aromatic rings. The smallest absolute Gasteiger partial charge is 0.321 e. The van der Waals surface area contributed by atoms with Crippen molar-refractivity contribution in [3.8, 4) is 0 Å². The van der Waals surface area contributed by atoms with Gasteiger partial charge in [-0.1, -0.05) is 42.1 Å². The summed E-state index contributed by atoms with van der Waals surface area (Å²) in [6, 6.07) is 18.0. The van der Waals surface area contributed by atoms with E-state index in [1.54, 1.807) is 23.2 Å². The number of hydrogen-bond acceptors (Lipinski definition) is 7. The van der Waals surface area contributed by atoms with Crippen LogP contribution >= 0.6 is 23.1 Å². The second-order valence-corrected chi connectivity index (χ2v) is 10.2. The Bertz CT molecular complexity index is 1150. The number of amides is 1. The summed E-state index contributed by atoms with van der Waals surface area (Å²) in [7, 11) is -3.78. The summed E-state index contributed by atoms with van der Waals surface area (Å²) in [5.41, 5.74) is 1.42. The maximum Gasteiger partial charge on any atom is 0.321 e. The number of hydrogen-bond donors (Lipinski definition) is 1. The minimum Gasteiger partial charge on any atom is -0.455 e. The van der Waals surface area contributed by atoms with Crippen LogP contribution in [0.5, 0.6) is 0 Å².